The lowest BCUT2D eigenvalue weighted by atomic mass is 10.0. The zero-order valence-electron chi connectivity index (χ0n) is 12.7. The summed E-state index contributed by atoms with van der Waals surface area (Å²) in [6.45, 7) is 0. The van der Waals surface area contributed by atoms with Crippen LogP contribution < -0.4 is 5.32 Å². The second-order valence-corrected chi connectivity index (χ2v) is 6.67. The van der Waals surface area contributed by atoms with Crippen LogP contribution in [0.25, 0.3) is 11.3 Å². The van der Waals surface area contributed by atoms with E-state index in [1.54, 1.807) is 6.20 Å². The summed E-state index contributed by atoms with van der Waals surface area (Å²) in [5.41, 5.74) is 1.33. The second kappa shape index (κ2) is 6.88. The Kier molecular flexibility index (Phi) is 4.68. The van der Waals surface area contributed by atoms with Crippen molar-refractivity contribution in [1.82, 2.24) is 15.3 Å². The summed E-state index contributed by atoms with van der Waals surface area (Å²) in [5.74, 6) is 0.140. The van der Waals surface area contributed by atoms with Gasteiger partial charge in [-0.1, -0.05) is 42.1 Å². The molecule has 0 bridgehead atoms. The van der Waals surface area contributed by atoms with E-state index in [4.69, 9.17) is 0 Å². The highest BCUT2D eigenvalue weighted by molar-refractivity contribution is 7.99. The molecule has 3 rings (SSSR count). The van der Waals surface area contributed by atoms with Gasteiger partial charge >= 0.3 is 0 Å². The van der Waals surface area contributed by atoms with Gasteiger partial charge in [-0.25, -0.2) is 4.98 Å². The molecule has 1 saturated carbocycles. The number of aromatic amines is 1. The summed E-state index contributed by atoms with van der Waals surface area (Å²) < 4.78 is 0. The van der Waals surface area contributed by atoms with Gasteiger partial charge in [0.25, 0.3) is 0 Å². The number of carbonyl (C=O) groups is 1. The van der Waals surface area contributed by atoms with Crippen molar-refractivity contribution >= 4 is 17.7 Å². The average Bonchev–Trinajstić information content (AvgIpc) is 3.24. The van der Waals surface area contributed by atoms with Crippen molar-refractivity contribution in [3.05, 3.63) is 36.5 Å². The average molecular weight is 326 g/mol. The van der Waals surface area contributed by atoms with Crippen LogP contribution in [0.2, 0.25) is 0 Å². The topological polar surface area (TPSA) is 81.6 Å². The van der Waals surface area contributed by atoms with Crippen LogP contribution in [0.4, 0.5) is 0 Å². The van der Waals surface area contributed by atoms with Crippen molar-refractivity contribution in [1.29, 1.82) is 5.26 Å². The quantitative estimate of drug-likeness (QED) is 0.827. The first-order chi connectivity index (χ1) is 11.2. The van der Waals surface area contributed by atoms with E-state index in [-0.39, 0.29) is 11.7 Å². The number of H-pyrrole nitrogens is 1. The molecule has 1 aromatic carbocycles. The van der Waals surface area contributed by atoms with E-state index in [1.807, 2.05) is 30.3 Å². The fraction of sp³-hybridized carbons (Fsp3) is 0.353. The summed E-state index contributed by atoms with van der Waals surface area (Å²) >= 11 is 1.35. The van der Waals surface area contributed by atoms with Crippen LogP contribution in [0.3, 0.4) is 0 Å². The van der Waals surface area contributed by atoms with E-state index in [1.165, 1.54) is 11.8 Å². The lowest BCUT2D eigenvalue weighted by Gasteiger charge is -2.21. The molecule has 5 nitrogen and oxygen atoms in total. The Hall–Kier alpha value is -2.26. The van der Waals surface area contributed by atoms with Gasteiger partial charge in [0.2, 0.25) is 5.91 Å². The Morgan fingerprint density at radius 1 is 1.35 bits per heavy atom. The van der Waals surface area contributed by atoms with Gasteiger partial charge < -0.3 is 10.3 Å². The molecule has 118 valence electrons. The molecule has 1 heterocycles. The van der Waals surface area contributed by atoms with E-state index in [9.17, 15) is 10.1 Å². The van der Waals surface area contributed by atoms with Gasteiger partial charge in [-0.2, -0.15) is 5.26 Å². The Bertz CT molecular complexity index is 714. The maximum Gasteiger partial charge on any atom is 0.231 e. The van der Waals surface area contributed by atoms with Crippen LogP contribution in [0.1, 0.15) is 25.7 Å². The zero-order chi connectivity index (χ0) is 16.1. The van der Waals surface area contributed by atoms with Gasteiger partial charge in [0, 0.05) is 0 Å². The van der Waals surface area contributed by atoms with E-state index in [0.29, 0.717) is 5.16 Å². The molecule has 0 spiro atoms. The molecule has 23 heavy (non-hydrogen) atoms. The number of aromatic nitrogens is 2. The first kappa shape index (κ1) is 15.6. The monoisotopic (exact) mass is 326 g/mol. The molecule has 0 saturated heterocycles. The summed E-state index contributed by atoms with van der Waals surface area (Å²) in [4.78, 5) is 19.6. The minimum atomic E-state index is -0.657. The Balaban J connectivity index is 1.56. The maximum atomic E-state index is 12.1. The molecule has 1 aliphatic carbocycles. The Labute approximate surface area is 139 Å². The molecule has 1 aliphatic rings. The molecule has 1 aromatic heterocycles. The highest BCUT2D eigenvalue weighted by atomic mass is 32.2. The first-order valence-corrected chi connectivity index (χ1v) is 8.65. The fourth-order valence-corrected chi connectivity index (χ4v) is 3.47. The van der Waals surface area contributed by atoms with Gasteiger partial charge in [-0.15, -0.1) is 0 Å². The van der Waals surface area contributed by atoms with Gasteiger partial charge in [0.1, 0.15) is 5.54 Å². The number of hydrogen-bond acceptors (Lipinski definition) is 4. The number of thioether (sulfide) groups is 1. The molecule has 2 N–H and O–H groups in total. The molecule has 6 heteroatoms. The molecule has 0 radical (unpaired) electrons. The number of imidazole rings is 1. The molecule has 2 aromatic rings. The lowest BCUT2D eigenvalue weighted by Crippen LogP contribution is -2.45. The third-order valence-corrected chi connectivity index (χ3v) is 4.91. The largest absolute Gasteiger partial charge is 0.337 e. The SMILES string of the molecule is N#CC1(NC(=O)CSc2ncc(-c3ccccc3)[nH]2)CCCC1. The minimum absolute atomic E-state index is 0.115. The van der Waals surface area contributed by atoms with E-state index in [0.717, 1.165) is 36.9 Å². The van der Waals surface area contributed by atoms with E-state index in [2.05, 4.69) is 21.4 Å². The Morgan fingerprint density at radius 2 is 2.09 bits per heavy atom. The van der Waals surface area contributed by atoms with E-state index >= 15 is 0 Å². The van der Waals surface area contributed by atoms with Crippen molar-refractivity contribution in [2.45, 2.75) is 36.4 Å². The fourth-order valence-electron chi connectivity index (χ4n) is 2.82. The van der Waals surface area contributed by atoms with Crippen LogP contribution in [-0.4, -0.2) is 27.2 Å². The number of carbonyl (C=O) groups excluding carboxylic acids is 1. The standard InChI is InChI=1S/C17H18N4OS/c18-12-17(8-4-5-9-17)21-15(22)11-23-16-19-10-14(20-16)13-6-2-1-3-7-13/h1-3,6-7,10H,4-5,8-9,11H2,(H,19,20)(H,21,22). The van der Waals surface area contributed by atoms with Gasteiger partial charge in [0.15, 0.2) is 5.16 Å². The molecule has 0 atom stereocenters. The van der Waals surface area contributed by atoms with Crippen molar-refractivity contribution in [2.24, 2.45) is 0 Å². The van der Waals surface area contributed by atoms with Gasteiger partial charge in [-0.3, -0.25) is 4.79 Å². The number of hydrogen-bond donors (Lipinski definition) is 2. The van der Waals surface area contributed by atoms with Crippen molar-refractivity contribution in [3.63, 3.8) is 0 Å². The van der Waals surface area contributed by atoms with E-state index < -0.39 is 5.54 Å². The maximum absolute atomic E-state index is 12.1. The first-order valence-electron chi connectivity index (χ1n) is 7.66. The number of benzene rings is 1. The van der Waals surface area contributed by atoms with Crippen LogP contribution in [0.5, 0.6) is 0 Å². The molecule has 0 aliphatic heterocycles. The Morgan fingerprint density at radius 3 is 2.78 bits per heavy atom. The van der Waals surface area contributed by atoms with Crippen LogP contribution >= 0.6 is 11.8 Å². The van der Waals surface area contributed by atoms with Crippen LogP contribution in [-0.2, 0) is 4.79 Å². The number of nitriles is 1. The van der Waals surface area contributed by atoms with Gasteiger partial charge in [-0.05, 0) is 31.2 Å². The number of nitrogens with one attached hydrogen (secondary N) is 2. The third kappa shape index (κ3) is 3.74. The number of amides is 1. The zero-order valence-corrected chi connectivity index (χ0v) is 13.5. The second-order valence-electron chi connectivity index (χ2n) is 5.71. The third-order valence-electron chi connectivity index (χ3n) is 4.03. The normalized spacial score (nSPS) is 16.0. The summed E-state index contributed by atoms with van der Waals surface area (Å²) in [6, 6.07) is 12.2. The minimum Gasteiger partial charge on any atom is -0.337 e. The van der Waals surface area contributed by atoms with Crippen LogP contribution in [0.15, 0.2) is 41.7 Å². The van der Waals surface area contributed by atoms with Crippen molar-refractivity contribution < 1.29 is 4.79 Å². The highest BCUT2D eigenvalue weighted by Crippen LogP contribution is 2.29. The summed E-state index contributed by atoms with van der Waals surface area (Å²) in [6.07, 6.45) is 5.26. The van der Waals surface area contributed by atoms with Gasteiger partial charge in [0.05, 0.1) is 23.7 Å². The number of nitrogens with zero attached hydrogens (tertiary/aromatic N) is 2. The summed E-state index contributed by atoms with van der Waals surface area (Å²) in [5, 5.41) is 12.9. The number of rotatable bonds is 5. The molecule has 1 amide bonds. The van der Waals surface area contributed by atoms with Crippen molar-refractivity contribution in [2.75, 3.05) is 5.75 Å². The highest BCUT2D eigenvalue weighted by Gasteiger charge is 2.35. The molecule has 0 unspecified atom stereocenters. The molecular weight excluding hydrogens is 308 g/mol. The predicted octanol–water partition coefficient (Wildman–Crippen LogP) is 3.12. The van der Waals surface area contributed by atoms with Crippen LogP contribution in [0, 0.1) is 11.3 Å². The molecule has 1 fully saturated rings. The summed E-state index contributed by atoms with van der Waals surface area (Å²) in [7, 11) is 0. The smallest absolute Gasteiger partial charge is 0.231 e. The van der Waals surface area contributed by atoms with Crippen molar-refractivity contribution in [3.8, 4) is 17.3 Å². The molecular formula is C17H18N4OS. The predicted molar refractivity (Wildman–Crippen MR) is 89.7 cm³/mol. The lowest BCUT2D eigenvalue weighted by molar-refractivity contribution is -0.119.